The topological polar surface area (TPSA) is 52.6 Å². The molecule has 0 N–H and O–H groups in total. The Balaban J connectivity index is 2.39. The fourth-order valence-corrected chi connectivity index (χ4v) is 5.75. The lowest BCUT2D eigenvalue weighted by Crippen LogP contribution is -2.49. The highest BCUT2D eigenvalue weighted by Gasteiger charge is 2.48. The molecule has 0 fully saturated rings. The van der Waals surface area contributed by atoms with Crippen molar-refractivity contribution in [2.75, 3.05) is 7.11 Å². The van der Waals surface area contributed by atoms with Crippen LogP contribution in [-0.4, -0.2) is 34.7 Å². The van der Waals surface area contributed by atoms with Crippen LogP contribution in [0.25, 0.3) is 0 Å². The van der Waals surface area contributed by atoms with Crippen molar-refractivity contribution < 1.29 is 17.6 Å². The second kappa shape index (κ2) is 6.41. The van der Waals surface area contributed by atoms with Crippen LogP contribution in [-0.2, 0) is 19.0 Å². The summed E-state index contributed by atoms with van der Waals surface area (Å²) in [7, 11) is -3.67. The van der Waals surface area contributed by atoms with E-state index in [-0.39, 0.29) is 0 Å². The first-order chi connectivity index (χ1) is 10.6. The maximum atomic E-state index is 13.1. The van der Waals surface area contributed by atoms with E-state index in [2.05, 4.69) is 19.6 Å². The molecule has 23 heavy (non-hydrogen) atoms. The zero-order valence-corrected chi connectivity index (χ0v) is 16.3. The van der Waals surface area contributed by atoms with Gasteiger partial charge in [-0.25, -0.2) is 8.42 Å². The minimum atomic E-state index is -3.50. The van der Waals surface area contributed by atoms with Gasteiger partial charge in [-0.15, -0.1) is 0 Å². The Morgan fingerprint density at radius 3 is 2.30 bits per heavy atom. The lowest BCUT2D eigenvalue weighted by atomic mass is 9.91. The van der Waals surface area contributed by atoms with Crippen LogP contribution in [0.5, 0.6) is 0 Å². The molecule has 1 aromatic rings. The van der Waals surface area contributed by atoms with E-state index in [0.717, 1.165) is 5.76 Å². The SMILES string of the molecule is COC1C=C(O[Si](C)(C)C)CCC1(C)S(=O)(=O)c1ccccc1. The van der Waals surface area contributed by atoms with Gasteiger partial charge in [0.25, 0.3) is 0 Å². The summed E-state index contributed by atoms with van der Waals surface area (Å²) >= 11 is 0. The van der Waals surface area contributed by atoms with Gasteiger partial charge in [-0.1, -0.05) is 18.2 Å². The summed E-state index contributed by atoms with van der Waals surface area (Å²) in [5.74, 6) is 0.858. The summed E-state index contributed by atoms with van der Waals surface area (Å²) < 4.78 is 36.9. The molecule has 6 heteroatoms. The molecule has 4 nitrogen and oxygen atoms in total. The predicted molar refractivity (Wildman–Crippen MR) is 94.6 cm³/mol. The molecule has 0 aliphatic heterocycles. The zero-order chi connectivity index (χ0) is 17.3. The number of hydrogen-bond donors (Lipinski definition) is 0. The number of allylic oxidation sites excluding steroid dienone is 1. The van der Waals surface area contributed by atoms with Crippen LogP contribution >= 0.6 is 0 Å². The average molecular weight is 355 g/mol. The number of ether oxygens (including phenoxy) is 1. The smallest absolute Gasteiger partial charge is 0.241 e. The third kappa shape index (κ3) is 3.70. The second-order valence-electron chi connectivity index (χ2n) is 7.13. The minimum absolute atomic E-state index is 0.340. The number of methoxy groups -OCH3 is 1. The number of sulfone groups is 1. The number of rotatable bonds is 5. The first-order valence-electron chi connectivity index (χ1n) is 7.82. The lowest BCUT2D eigenvalue weighted by Gasteiger charge is -2.39. The molecule has 1 aromatic carbocycles. The lowest BCUT2D eigenvalue weighted by molar-refractivity contribution is 0.0919. The molecule has 0 amide bonds. The highest BCUT2D eigenvalue weighted by atomic mass is 32.2. The van der Waals surface area contributed by atoms with Crippen molar-refractivity contribution in [2.45, 2.75) is 55.2 Å². The van der Waals surface area contributed by atoms with Crippen molar-refractivity contribution in [1.29, 1.82) is 0 Å². The third-order valence-corrected chi connectivity index (χ3v) is 7.60. The van der Waals surface area contributed by atoms with Gasteiger partial charge in [0.1, 0.15) is 4.75 Å². The van der Waals surface area contributed by atoms with E-state index in [0.29, 0.717) is 17.7 Å². The van der Waals surface area contributed by atoms with Gasteiger partial charge in [0.2, 0.25) is 8.32 Å². The van der Waals surface area contributed by atoms with Crippen molar-refractivity contribution in [3.63, 3.8) is 0 Å². The largest absolute Gasteiger partial charge is 0.547 e. The molecule has 0 aromatic heterocycles. The highest BCUT2D eigenvalue weighted by molar-refractivity contribution is 7.92. The Hall–Kier alpha value is -1.11. The maximum absolute atomic E-state index is 13.1. The van der Waals surface area contributed by atoms with Crippen LogP contribution in [0.4, 0.5) is 0 Å². The molecule has 0 bridgehead atoms. The molecule has 0 heterocycles. The van der Waals surface area contributed by atoms with Crippen LogP contribution in [0.1, 0.15) is 19.8 Å². The van der Waals surface area contributed by atoms with Gasteiger partial charge in [0, 0.05) is 13.5 Å². The van der Waals surface area contributed by atoms with Gasteiger partial charge in [0.15, 0.2) is 9.84 Å². The van der Waals surface area contributed by atoms with Crippen LogP contribution < -0.4 is 0 Å². The Bertz CT molecular complexity index is 676. The van der Waals surface area contributed by atoms with Crippen LogP contribution in [0.2, 0.25) is 19.6 Å². The van der Waals surface area contributed by atoms with Crippen molar-refractivity contribution in [3.8, 4) is 0 Å². The predicted octanol–water partition coefficient (Wildman–Crippen LogP) is 3.76. The third-order valence-electron chi connectivity index (χ3n) is 4.17. The molecule has 1 aliphatic rings. The Labute approximate surface area is 140 Å². The van der Waals surface area contributed by atoms with E-state index in [1.807, 2.05) is 12.1 Å². The van der Waals surface area contributed by atoms with E-state index in [1.54, 1.807) is 38.3 Å². The Morgan fingerprint density at radius 1 is 1.17 bits per heavy atom. The van der Waals surface area contributed by atoms with Gasteiger partial charge in [-0.3, -0.25) is 0 Å². The molecule has 0 radical (unpaired) electrons. The van der Waals surface area contributed by atoms with Crippen molar-refractivity contribution in [1.82, 2.24) is 0 Å². The second-order valence-corrected chi connectivity index (χ2v) is 14.0. The van der Waals surface area contributed by atoms with Crippen LogP contribution in [0.3, 0.4) is 0 Å². The Kier molecular flexibility index (Phi) is 5.08. The fourth-order valence-electron chi connectivity index (χ4n) is 2.89. The molecule has 0 saturated carbocycles. The van der Waals surface area contributed by atoms with E-state index >= 15 is 0 Å². The minimum Gasteiger partial charge on any atom is -0.547 e. The molecular weight excluding hydrogens is 328 g/mol. The van der Waals surface area contributed by atoms with Gasteiger partial charge in [0.05, 0.1) is 16.8 Å². The quantitative estimate of drug-likeness (QED) is 0.756. The maximum Gasteiger partial charge on any atom is 0.241 e. The molecule has 2 atom stereocenters. The molecular formula is C17H26O4SSi. The summed E-state index contributed by atoms with van der Waals surface area (Å²) in [4.78, 5) is 0.340. The Morgan fingerprint density at radius 2 is 1.78 bits per heavy atom. The summed E-state index contributed by atoms with van der Waals surface area (Å²) in [5, 5.41) is 0. The summed E-state index contributed by atoms with van der Waals surface area (Å²) in [6.45, 7) is 8.11. The molecule has 1 aliphatic carbocycles. The monoisotopic (exact) mass is 354 g/mol. The normalized spacial score (nSPS) is 25.8. The molecule has 128 valence electrons. The molecule has 2 unspecified atom stereocenters. The molecule has 2 rings (SSSR count). The van der Waals surface area contributed by atoms with Crippen molar-refractivity contribution in [2.24, 2.45) is 0 Å². The van der Waals surface area contributed by atoms with E-state index < -0.39 is 29.0 Å². The fraction of sp³-hybridized carbons (Fsp3) is 0.529. The first kappa shape index (κ1) is 18.2. The standard InChI is InChI=1S/C17H26O4SSi/c1-17(22(18,19)15-9-7-6-8-10-15)12-11-14(13-16(17)20-2)21-23(3,4)5/h6-10,13,16H,11-12H2,1-5H3. The van der Waals surface area contributed by atoms with Gasteiger partial charge in [-0.05, 0) is 51.2 Å². The van der Waals surface area contributed by atoms with Crippen molar-refractivity contribution >= 4 is 18.2 Å². The van der Waals surface area contributed by atoms with Gasteiger partial charge >= 0.3 is 0 Å². The number of benzene rings is 1. The summed E-state index contributed by atoms with van der Waals surface area (Å²) in [6, 6.07) is 8.60. The molecule has 0 spiro atoms. The van der Waals surface area contributed by atoms with E-state index in [1.165, 1.54) is 0 Å². The van der Waals surface area contributed by atoms with Crippen LogP contribution in [0, 0.1) is 0 Å². The van der Waals surface area contributed by atoms with Crippen molar-refractivity contribution in [3.05, 3.63) is 42.2 Å². The van der Waals surface area contributed by atoms with E-state index in [4.69, 9.17) is 9.16 Å². The summed E-state index contributed by atoms with van der Waals surface area (Å²) in [6.07, 6.45) is 2.43. The van der Waals surface area contributed by atoms with Gasteiger partial charge < -0.3 is 9.16 Å². The van der Waals surface area contributed by atoms with Gasteiger partial charge in [-0.2, -0.15) is 0 Å². The average Bonchev–Trinajstić information content (AvgIpc) is 2.48. The van der Waals surface area contributed by atoms with E-state index in [9.17, 15) is 8.42 Å². The summed E-state index contributed by atoms with van der Waals surface area (Å²) in [5.41, 5.74) is 0. The molecule has 0 saturated heterocycles. The number of hydrogen-bond acceptors (Lipinski definition) is 4. The first-order valence-corrected chi connectivity index (χ1v) is 12.7. The highest BCUT2D eigenvalue weighted by Crippen LogP contribution is 2.40. The van der Waals surface area contributed by atoms with Crippen LogP contribution in [0.15, 0.2) is 47.1 Å². The zero-order valence-electron chi connectivity index (χ0n) is 14.5.